The Bertz CT molecular complexity index is 1550. The van der Waals surface area contributed by atoms with Gasteiger partial charge < -0.3 is 19.3 Å². The Labute approximate surface area is 209 Å². The highest BCUT2D eigenvalue weighted by Gasteiger charge is 2.23. The van der Waals surface area contributed by atoms with Gasteiger partial charge >= 0.3 is 0 Å². The third kappa shape index (κ3) is 5.00. The molecule has 0 amide bonds. The largest absolute Gasteiger partial charge is 0.505 e. The number of phenolic OH excluding ortho intramolecular Hbond substituents is 1. The molecule has 35 heavy (non-hydrogen) atoms. The molecule has 8 nitrogen and oxygen atoms in total. The number of hydrogen-bond acceptors (Lipinski definition) is 7. The predicted octanol–water partition coefficient (Wildman–Crippen LogP) is 6.00. The van der Waals surface area contributed by atoms with E-state index in [1.165, 1.54) is 38.6 Å². The normalized spacial score (nSPS) is 11.3. The standard InChI is InChI=1S/C23H17Cl2FN2O6S/c1-32-20-10-14-18(11-21(20)33-2)27-6-5-19(14)34-13-3-4-17(16(26)9-13)28-35(30,31)22-8-12(24)7-15(25)23(22)29/h3-11,28-29H,1-2H3. The van der Waals surface area contributed by atoms with Crippen LogP contribution in [0.1, 0.15) is 0 Å². The Balaban J connectivity index is 1.64. The lowest BCUT2D eigenvalue weighted by molar-refractivity contribution is 0.355. The van der Waals surface area contributed by atoms with Crippen LogP contribution in [-0.4, -0.2) is 32.7 Å². The number of nitrogens with zero attached hydrogens (tertiary/aromatic N) is 1. The molecule has 182 valence electrons. The molecule has 0 radical (unpaired) electrons. The number of methoxy groups -OCH3 is 2. The smallest absolute Gasteiger partial charge is 0.265 e. The van der Waals surface area contributed by atoms with Gasteiger partial charge in [-0.3, -0.25) is 9.71 Å². The van der Waals surface area contributed by atoms with Crippen molar-refractivity contribution in [2.75, 3.05) is 18.9 Å². The molecule has 0 bridgehead atoms. The Morgan fingerprint density at radius 3 is 2.37 bits per heavy atom. The molecule has 0 fully saturated rings. The number of nitrogens with one attached hydrogen (secondary N) is 1. The molecule has 12 heteroatoms. The molecule has 0 spiro atoms. The minimum Gasteiger partial charge on any atom is -0.505 e. The number of rotatable bonds is 7. The van der Waals surface area contributed by atoms with E-state index in [1.54, 1.807) is 18.2 Å². The Morgan fingerprint density at radius 1 is 0.971 bits per heavy atom. The summed E-state index contributed by atoms with van der Waals surface area (Å²) in [6.07, 6.45) is 1.52. The molecule has 0 saturated heterocycles. The third-order valence-corrected chi connectivity index (χ3v) is 6.79. The quantitative estimate of drug-likeness (QED) is 0.297. The molecule has 2 N–H and O–H groups in total. The number of pyridine rings is 1. The maximum atomic E-state index is 14.8. The molecule has 0 saturated carbocycles. The second-order valence-corrected chi connectivity index (χ2v) is 9.61. The van der Waals surface area contributed by atoms with Gasteiger partial charge in [-0.2, -0.15) is 0 Å². The summed E-state index contributed by atoms with van der Waals surface area (Å²) in [5.74, 6) is -0.224. The first-order valence-corrected chi connectivity index (χ1v) is 12.1. The number of halogens is 3. The number of hydrogen-bond donors (Lipinski definition) is 2. The minimum absolute atomic E-state index is 0.0174. The van der Waals surface area contributed by atoms with E-state index >= 15 is 0 Å². The maximum Gasteiger partial charge on any atom is 0.265 e. The first-order chi connectivity index (χ1) is 16.6. The predicted molar refractivity (Wildman–Crippen MR) is 130 cm³/mol. The van der Waals surface area contributed by atoms with Crippen molar-refractivity contribution in [3.8, 4) is 28.7 Å². The zero-order valence-electron chi connectivity index (χ0n) is 18.2. The number of benzene rings is 3. The van der Waals surface area contributed by atoms with Crippen LogP contribution in [0.3, 0.4) is 0 Å². The van der Waals surface area contributed by atoms with E-state index in [-0.39, 0.29) is 21.5 Å². The van der Waals surface area contributed by atoms with Gasteiger partial charge in [-0.15, -0.1) is 0 Å². The summed E-state index contributed by atoms with van der Waals surface area (Å²) in [6, 6.07) is 10.7. The van der Waals surface area contributed by atoms with Crippen LogP contribution in [0.2, 0.25) is 10.0 Å². The van der Waals surface area contributed by atoms with Crippen LogP contribution in [-0.2, 0) is 10.0 Å². The Kier molecular flexibility index (Phi) is 6.79. The maximum absolute atomic E-state index is 14.8. The number of aromatic hydroxyl groups is 1. The van der Waals surface area contributed by atoms with Gasteiger partial charge in [0, 0.05) is 28.7 Å². The average Bonchev–Trinajstić information content (AvgIpc) is 2.82. The first kappa shape index (κ1) is 24.6. The van der Waals surface area contributed by atoms with Gasteiger partial charge in [0.15, 0.2) is 23.1 Å². The van der Waals surface area contributed by atoms with Crippen molar-refractivity contribution >= 4 is 49.8 Å². The summed E-state index contributed by atoms with van der Waals surface area (Å²) in [4.78, 5) is 3.69. The van der Waals surface area contributed by atoms with Crippen LogP contribution in [0.5, 0.6) is 28.7 Å². The monoisotopic (exact) mass is 538 g/mol. The molecular formula is C23H17Cl2FN2O6S. The first-order valence-electron chi connectivity index (χ1n) is 9.82. The molecule has 0 aliphatic rings. The summed E-state index contributed by atoms with van der Waals surface area (Å²) >= 11 is 11.6. The van der Waals surface area contributed by atoms with Crippen LogP contribution >= 0.6 is 23.2 Å². The lowest BCUT2D eigenvalue weighted by Gasteiger charge is -2.14. The average molecular weight is 539 g/mol. The summed E-state index contributed by atoms with van der Waals surface area (Å²) in [6.45, 7) is 0. The van der Waals surface area contributed by atoms with Crippen LogP contribution < -0.4 is 18.9 Å². The van der Waals surface area contributed by atoms with Crippen LogP contribution in [0.4, 0.5) is 10.1 Å². The van der Waals surface area contributed by atoms with E-state index in [2.05, 4.69) is 9.71 Å². The highest BCUT2D eigenvalue weighted by Crippen LogP contribution is 2.38. The highest BCUT2D eigenvalue weighted by atomic mass is 35.5. The van der Waals surface area contributed by atoms with E-state index < -0.39 is 26.5 Å². The Morgan fingerprint density at radius 2 is 1.69 bits per heavy atom. The topological polar surface area (TPSA) is 107 Å². The molecular weight excluding hydrogens is 522 g/mol. The van der Waals surface area contributed by atoms with Crippen molar-refractivity contribution in [1.82, 2.24) is 4.98 Å². The number of aromatic nitrogens is 1. The number of fused-ring (bicyclic) bond motifs is 1. The van der Waals surface area contributed by atoms with Gasteiger partial charge in [0.2, 0.25) is 0 Å². The van der Waals surface area contributed by atoms with Crippen molar-refractivity contribution in [1.29, 1.82) is 0 Å². The fourth-order valence-corrected chi connectivity index (χ4v) is 5.08. The molecule has 4 aromatic rings. The third-order valence-electron chi connectivity index (χ3n) is 4.90. The fraction of sp³-hybridized carbons (Fsp3) is 0.0870. The molecule has 0 aliphatic heterocycles. The molecule has 3 aromatic carbocycles. The molecule has 0 atom stereocenters. The molecule has 1 aromatic heterocycles. The van der Waals surface area contributed by atoms with Crippen molar-refractivity contribution in [3.63, 3.8) is 0 Å². The van der Waals surface area contributed by atoms with Gasteiger partial charge in [-0.25, -0.2) is 12.8 Å². The van der Waals surface area contributed by atoms with Gasteiger partial charge in [0.1, 0.15) is 16.4 Å². The SMILES string of the molecule is COc1cc2nccc(Oc3ccc(NS(=O)(=O)c4cc(Cl)cc(Cl)c4O)c(F)c3)c2cc1OC. The van der Waals surface area contributed by atoms with Gasteiger partial charge in [0.05, 0.1) is 30.4 Å². The van der Waals surface area contributed by atoms with Crippen molar-refractivity contribution in [3.05, 3.63) is 70.6 Å². The molecule has 0 unspecified atom stereocenters. The fourth-order valence-electron chi connectivity index (χ4n) is 3.25. The van der Waals surface area contributed by atoms with E-state index in [4.69, 9.17) is 37.4 Å². The van der Waals surface area contributed by atoms with E-state index in [1.807, 2.05) is 0 Å². The molecule has 4 rings (SSSR count). The van der Waals surface area contributed by atoms with Crippen LogP contribution in [0, 0.1) is 5.82 Å². The van der Waals surface area contributed by atoms with E-state index in [0.717, 1.165) is 12.1 Å². The van der Waals surface area contributed by atoms with Gasteiger partial charge in [-0.05, 0) is 36.4 Å². The van der Waals surface area contributed by atoms with Crippen molar-refractivity contribution in [2.45, 2.75) is 4.90 Å². The van der Waals surface area contributed by atoms with E-state index in [9.17, 15) is 17.9 Å². The minimum atomic E-state index is -4.41. The number of phenols is 1. The second-order valence-electron chi connectivity index (χ2n) is 7.12. The Hall–Kier alpha value is -3.47. The van der Waals surface area contributed by atoms with Gasteiger partial charge in [0.25, 0.3) is 10.0 Å². The lowest BCUT2D eigenvalue weighted by atomic mass is 10.2. The summed E-state index contributed by atoms with van der Waals surface area (Å²) in [5.41, 5.74) is 0.184. The van der Waals surface area contributed by atoms with Crippen LogP contribution in [0.15, 0.2) is 59.6 Å². The lowest BCUT2D eigenvalue weighted by Crippen LogP contribution is -2.14. The molecule has 0 aliphatic carbocycles. The zero-order valence-corrected chi connectivity index (χ0v) is 20.5. The summed E-state index contributed by atoms with van der Waals surface area (Å²) in [5, 5.41) is 10.3. The van der Waals surface area contributed by atoms with E-state index in [0.29, 0.717) is 28.2 Å². The summed E-state index contributed by atoms with van der Waals surface area (Å²) in [7, 11) is -1.41. The zero-order chi connectivity index (χ0) is 25.3. The van der Waals surface area contributed by atoms with Gasteiger partial charge in [-0.1, -0.05) is 23.2 Å². The number of sulfonamides is 1. The van der Waals surface area contributed by atoms with Crippen LogP contribution in [0.25, 0.3) is 10.9 Å². The number of ether oxygens (including phenoxy) is 3. The molecule has 1 heterocycles. The highest BCUT2D eigenvalue weighted by molar-refractivity contribution is 7.92. The van der Waals surface area contributed by atoms with Crippen molar-refractivity contribution in [2.24, 2.45) is 0 Å². The van der Waals surface area contributed by atoms with Crippen molar-refractivity contribution < 1.29 is 32.1 Å². The second kappa shape index (κ2) is 9.65. The number of anilines is 1. The summed E-state index contributed by atoms with van der Waals surface area (Å²) < 4.78 is 58.7.